The molecule has 1 aliphatic rings. The largest absolute Gasteiger partial charge is 0.368 e. The van der Waals surface area contributed by atoms with Crippen LogP contribution in [0, 0.1) is 5.92 Å². The van der Waals surface area contributed by atoms with Crippen molar-refractivity contribution in [3.8, 4) is 0 Å². The van der Waals surface area contributed by atoms with Gasteiger partial charge in [0.1, 0.15) is 30.2 Å². The summed E-state index contributed by atoms with van der Waals surface area (Å²) in [5, 5.41) is 13.1. The Bertz CT molecular complexity index is 1100. The molecule has 8 N–H and O–H groups in total. The summed E-state index contributed by atoms with van der Waals surface area (Å²) in [4.78, 5) is 83.8. The second kappa shape index (κ2) is 14.4. The predicted molar refractivity (Wildman–Crippen MR) is 151 cm³/mol. The second-order valence-corrected chi connectivity index (χ2v) is 13.4. The number of H-pyrrole nitrogens is 1. The lowest BCUT2D eigenvalue weighted by molar-refractivity contribution is -0.135. The molecule has 16 heteroatoms. The van der Waals surface area contributed by atoms with Gasteiger partial charge in [0.2, 0.25) is 35.4 Å². The minimum atomic E-state index is -1.13. The van der Waals surface area contributed by atoms with Gasteiger partial charge in [-0.2, -0.15) is 0 Å². The number of imidazole rings is 1. The standard InChI is InChI=1S/C24H38N8O6S2/c1-11(2)17-22(37)31-16(19(25)34)9-39-40-24(5,6)18(29-13(4)33)23(38)30-15(7-14-8-26-10-27-14)21(36)28-12(3)20(35)32-17/h8,10-12,15-18H,7,9H2,1-6H3,(H2,25,34)(H,26,27)(H,28,36)(H,29,33)(H,30,38)(H,31,37)(H,32,35). The Kier molecular flexibility index (Phi) is 11.8. The van der Waals surface area contributed by atoms with Gasteiger partial charge in [0.05, 0.1) is 6.33 Å². The number of nitrogens with zero attached hydrogens (tertiary/aromatic N) is 1. The molecular formula is C24H38N8O6S2. The Balaban J connectivity index is 2.48. The number of hydrogen-bond donors (Lipinski definition) is 7. The Hall–Kier alpha value is -3.27. The van der Waals surface area contributed by atoms with E-state index in [1.54, 1.807) is 27.7 Å². The number of nitrogens with two attached hydrogens (primary N) is 1. The number of carbonyl (C=O) groups excluding carboxylic acids is 6. The molecule has 6 amide bonds. The minimum Gasteiger partial charge on any atom is -0.368 e. The number of hydrogen-bond acceptors (Lipinski definition) is 9. The number of carbonyl (C=O) groups is 6. The third-order valence-electron chi connectivity index (χ3n) is 6.08. The molecule has 0 saturated carbocycles. The topological polar surface area (TPSA) is 217 Å². The van der Waals surface area contributed by atoms with Crippen molar-refractivity contribution in [2.45, 2.75) is 82.9 Å². The third-order valence-corrected chi connectivity index (χ3v) is 9.39. The van der Waals surface area contributed by atoms with E-state index in [4.69, 9.17) is 5.73 Å². The molecule has 40 heavy (non-hydrogen) atoms. The van der Waals surface area contributed by atoms with Crippen LogP contribution in [0.15, 0.2) is 12.5 Å². The van der Waals surface area contributed by atoms with Crippen LogP contribution in [0.1, 0.15) is 47.2 Å². The SMILES string of the molecule is CC(=O)NC1C(=O)NC(Cc2cnc[nH]2)C(=O)NC(C)C(=O)NC(C(C)C)C(=O)NC(C(N)=O)CSSC1(C)C. The number of nitrogens with one attached hydrogen (secondary N) is 6. The number of aromatic amines is 1. The maximum atomic E-state index is 13.5. The van der Waals surface area contributed by atoms with Gasteiger partial charge in [-0.25, -0.2) is 4.98 Å². The van der Waals surface area contributed by atoms with Crippen LogP contribution in [-0.2, 0) is 35.2 Å². The van der Waals surface area contributed by atoms with Crippen LogP contribution in [0.25, 0.3) is 0 Å². The Morgan fingerprint density at radius 2 is 1.75 bits per heavy atom. The molecule has 1 aliphatic heterocycles. The van der Waals surface area contributed by atoms with Crippen molar-refractivity contribution in [1.82, 2.24) is 36.6 Å². The number of rotatable bonds is 5. The van der Waals surface area contributed by atoms with E-state index in [9.17, 15) is 28.8 Å². The van der Waals surface area contributed by atoms with Crippen LogP contribution in [-0.4, -0.2) is 86.1 Å². The van der Waals surface area contributed by atoms with Gasteiger partial charge in [-0.3, -0.25) is 28.8 Å². The molecule has 1 fully saturated rings. The van der Waals surface area contributed by atoms with E-state index in [0.29, 0.717) is 5.69 Å². The fraction of sp³-hybridized carbons (Fsp3) is 0.625. The predicted octanol–water partition coefficient (Wildman–Crippen LogP) is -1.27. The van der Waals surface area contributed by atoms with Crippen molar-refractivity contribution in [3.63, 3.8) is 0 Å². The van der Waals surface area contributed by atoms with Gasteiger partial charge in [0, 0.05) is 35.7 Å². The highest BCUT2D eigenvalue weighted by Gasteiger charge is 2.40. The first-order valence-corrected chi connectivity index (χ1v) is 15.0. The van der Waals surface area contributed by atoms with Crippen molar-refractivity contribution in [2.75, 3.05) is 5.75 Å². The molecule has 0 bridgehead atoms. The van der Waals surface area contributed by atoms with E-state index in [2.05, 4.69) is 36.6 Å². The van der Waals surface area contributed by atoms with Gasteiger partial charge in [-0.1, -0.05) is 35.4 Å². The zero-order valence-electron chi connectivity index (χ0n) is 23.3. The Morgan fingerprint density at radius 1 is 1.07 bits per heavy atom. The van der Waals surface area contributed by atoms with Crippen molar-refractivity contribution >= 4 is 57.0 Å². The summed E-state index contributed by atoms with van der Waals surface area (Å²) in [5.74, 6) is -4.07. The highest BCUT2D eigenvalue weighted by atomic mass is 33.1. The molecule has 5 unspecified atom stereocenters. The average molecular weight is 599 g/mol. The van der Waals surface area contributed by atoms with E-state index in [1.165, 1.54) is 48.0 Å². The number of aromatic nitrogens is 2. The molecule has 1 aromatic heterocycles. The van der Waals surface area contributed by atoms with Crippen LogP contribution < -0.4 is 32.3 Å². The summed E-state index contributed by atoms with van der Waals surface area (Å²) in [6, 6.07) is -5.39. The van der Waals surface area contributed by atoms with Gasteiger partial charge in [0.25, 0.3) is 0 Å². The van der Waals surface area contributed by atoms with Gasteiger partial charge < -0.3 is 37.3 Å². The Morgan fingerprint density at radius 3 is 2.30 bits per heavy atom. The van der Waals surface area contributed by atoms with Gasteiger partial charge >= 0.3 is 0 Å². The van der Waals surface area contributed by atoms with Crippen LogP contribution >= 0.6 is 21.6 Å². The van der Waals surface area contributed by atoms with Crippen LogP contribution in [0.2, 0.25) is 0 Å². The molecule has 0 aliphatic carbocycles. The fourth-order valence-corrected chi connectivity index (χ4v) is 6.62. The van der Waals surface area contributed by atoms with Crippen molar-refractivity contribution in [3.05, 3.63) is 18.2 Å². The fourth-order valence-electron chi connectivity index (χ4n) is 3.79. The molecular weight excluding hydrogens is 560 g/mol. The van der Waals surface area contributed by atoms with Crippen LogP contribution in [0.3, 0.4) is 0 Å². The summed E-state index contributed by atoms with van der Waals surface area (Å²) >= 11 is 0. The highest BCUT2D eigenvalue weighted by molar-refractivity contribution is 8.77. The minimum absolute atomic E-state index is 0.0261. The first kappa shape index (κ1) is 32.9. The van der Waals surface area contributed by atoms with E-state index in [1.807, 2.05) is 0 Å². The molecule has 222 valence electrons. The molecule has 2 rings (SSSR count). The number of amides is 6. The van der Waals surface area contributed by atoms with Crippen molar-refractivity contribution in [1.29, 1.82) is 0 Å². The molecule has 0 radical (unpaired) electrons. The van der Waals surface area contributed by atoms with Crippen LogP contribution in [0.4, 0.5) is 0 Å². The lowest BCUT2D eigenvalue weighted by atomic mass is 10.0. The smallest absolute Gasteiger partial charge is 0.244 e. The maximum absolute atomic E-state index is 13.5. The van der Waals surface area contributed by atoms with E-state index < -0.39 is 70.4 Å². The van der Waals surface area contributed by atoms with Crippen molar-refractivity contribution < 1.29 is 28.8 Å². The summed E-state index contributed by atoms with van der Waals surface area (Å²) in [6.07, 6.45) is 2.95. The lowest BCUT2D eigenvalue weighted by Gasteiger charge is -2.34. The van der Waals surface area contributed by atoms with Gasteiger partial charge in [-0.15, -0.1) is 0 Å². The molecule has 1 aromatic rings. The Labute approximate surface area is 240 Å². The first-order chi connectivity index (χ1) is 18.6. The van der Waals surface area contributed by atoms with Crippen LogP contribution in [0.5, 0.6) is 0 Å². The lowest BCUT2D eigenvalue weighted by Crippen LogP contribution is -2.61. The second-order valence-electron chi connectivity index (χ2n) is 10.4. The molecule has 0 spiro atoms. The maximum Gasteiger partial charge on any atom is 0.244 e. The zero-order chi connectivity index (χ0) is 30.2. The van der Waals surface area contributed by atoms with E-state index in [0.717, 1.165) is 0 Å². The molecule has 5 atom stereocenters. The average Bonchev–Trinajstić information content (AvgIpc) is 3.36. The van der Waals surface area contributed by atoms with E-state index in [-0.39, 0.29) is 18.1 Å². The summed E-state index contributed by atoms with van der Waals surface area (Å²) in [6.45, 7) is 9.60. The number of primary amides is 1. The zero-order valence-corrected chi connectivity index (χ0v) is 25.0. The molecule has 2 heterocycles. The summed E-state index contributed by atoms with van der Waals surface area (Å²) < 4.78 is -0.944. The van der Waals surface area contributed by atoms with Gasteiger partial charge in [-0.05, 0) is 26.7 Å². The van der Waals surface area contributed by atoms with Crippen molar-refractivity contribution in [2.24, 2.45) is 11.7 Å². The summed E-state index contributed by atoms with van der Waals surface area (Å²) in [5.41, 5.74) is 6.09. The highest BCUT2D eigenvalue weighted by Crippen LogP contribution is 2.38. The monoisotopic (exact) mass is 598 g/mol. The third kappa shape index (κ3) is 9.43. The summed E-state index contributed by atoms with van der Waals surface area (Å²) in [7, 11) is 2.38. The van der Waals surface area contributed by atoms with Gasteiger partial charge in [0.15, 0.2) is 0 Å². The quantitative estimate of drug-likeness (QED) is 0.201. The first-order valence-electron chi connectivity index (χ1n) is 12.7. The normalized spacial score (nSPS) is 27.0. The van der Waals surface area contributed by atoms with E-state index >= 15 is 0 Å². The molecule has 1 saturated heterocycles. The molecule has 14 nitrogen and oxygen atoms in total. The molecule has 0 aromatic carbocycles.